The smallest absolute Gasteiger partial charge is 0.243 e. The molecule has 0 atom stereocenters. The Morgan fingerprint density at radius 2 is 1.78 bits per heavy atom. The third-order valence-electron chi connectivity index (χ3n) is 4.43. The third kappa shape index (κ3) is 5.23. The molecule has 0 aliphatic carbocycles. The van der Waals surface area contributed by atoms with Gasteiger partial charge in [0.2, 0.25) is 11.7 Å². The lowest BCUT2D eigenvalue weighted by Gasteiger charge is -2.08. The number of rotatable bonds is 7. The third-order valence-corrected chi connectivity index (χ3v) is 4.43. The van der Waals surface area contributed by atoms with E-state index in [4.69, 9.17) is 0 Å². The van der Waals surface area contributed by atoms with Gasteiger partial charge in [-0.15, -0.1) is 10.2 Å². The Kier molecular flexibility index (Phi) is 5.96. The number of hydrogen-bond acceptors (Lipinski definition) is 4. The predicted molar refractivity (Wildman–Crippen MR) is 105 cm³/mol. The van der Waals surface area contributed by atoms with E-state index in [1.807, 2.05) is 31.2 Å². The molecule has 0 aliphatic heterocycles. The Balaban J connectivity index is 1.47. The number of carbonyl (C=O) groups excluding carboxylic acids is 1. The van der Waals surface area contributed by atoms with Gasteiger partial charge in [-0.25, -0.2) is 0 Å². The SMILES string of the molecule is Cc1ccc(-c2nnn(CC(=O)NCCc3ccc(C(C)C)cc3)n2)cc1. The lowest BCUT2D eigenvalue weighted by Crippen LogP contribution is -2.30. The van der Waals surface area contributed by atoms with Crippen molar-refractivity contribution in [3.05, 3.63) is 65.2 Å². The second-order valence-corrected chi connectivity index (χ2v) is 7.01. The van der Waals surface area contributed by atoms with E-state index >= 15 is 0 Å². The Hall–Kier alpha value is -3.02. The van der Waals surface area contributed by atoms with Crippen LogP contribution in [0.25, 0.3) is 11.4 Å². The van der Waals surface area contributed by atoms with Gasteiger partial charge in [0.15, 0.2) is 0 Å². The second kappa shape index (κ2) is 8.58. The minimum atomic E-state index is -0.123. The predicted octanol–water partition coefficient (Wildman–Crippen LogP) is 3.13. The lowest BCUT2D eigenvalue weighted by molar-refractivity contribution is -0.122. The van der Waals surface area contributed by atoms with E-state index in [0.717, 1.165) is 12.0 Å². The van der Waals surface area contributed by atoms with Crippen LogP contribution in [0.1, 0.15) is 36.5 Å². The first-order valence-corrected chi connectivity index (χ1v) is 9.21. The molecule has 0 radical (unpaired) electrons. The van der Waals surface area contributed by atoms with Crippen molar-refractivity contribution < 1.29 is 4.79 Å². The van der Waals surface area contributed by atoms with E-state index in [1.165, 1.54) is 21.5 Å². The van der Waals surface area contributed by atoms with Gasteiger partial charge >= 0.3 is 0 Å². The molecular formula is C21H25N5O. The minimum Gasteiger partial charge on any atom is -0.354 e. The van der Waals surface area contributed by atoms with Gasteiger partial charge in [0.05, 0.1) is 0 Å². The maximum absolute atomic E-state index is 12.1. The Morgan fingerprint density at radius 3 is 2.44 bits per heavy atom. The van der Waals surface area contributed by atoms with E-state index in [1.54, 1.807) is 0 Å². The molecule has 0 unspecified atom stereocenters. The molecule has 140 valence electrons. The fourth-order valence-corrected chi connectivity index (χ4v) is 2.73. The molecule has 0 saturated heterocycles. The normalized spacial score (nSPS) is 11.0. The number of nitrogens with one attached hydrogen (secondary N) is 1. The highest BCUT2D eigenvalue weighted by atomic mass is 16.2. The Labute approximate surface area is 159 Å². The number of benzene rings is 2. The summed E-state index contributed by atoms with van der Waals surface area (Å²) in [7, 11) is 0. The van der Waals surface area contributed by atoms with E-state index in [9.17, 15) is 4.79 Å². The Bertz CT molecular complexity index is 882. The summed E-state index contributed by atoms with van der Waals surface area (Å²) in [6.45, 7) is 7.02. The molecule has 2 aromatic carbocycles. The van der Waals surface area contributed by atoms with Gasteiger partial charge in [-0.2, -0.15) is 4.80 Å². The maximum atomic E-state index is 12.1. The molecule has 1 N–H and O–H groups in total. The van der Waals surface area contributed by atoms with Crippen LogP contribution in [0.5, 0.6) is 0 Å². The summed E-state index contributed by atoms with van der Waals surface area (Å²) in [6, 6.07) is 16.4. The summed E-state index contributed by atoms with van der Waals surface area (Å²) in [5, 5.41) is 15.2. The molecule has 3 aromatic rings. The summed E-state index contributed by atoms with van der Waals surface area (Å²) < 4.78 is 0. The van der Waals surface area contributed by atoms with Gasteiger partial charge in [0.25, 0.3) is 0 Å². The van der Waals surface area contributed by atoms with Crippen LogP contribution in [-0.4, -0.2) is 32.7 Å². The van der Waals surface area contributed by atoms with Crippen LogP contribution in [0.4, 0.5) is 0 Å². The van der Waals surface area contributed by atoms with Crippen molar-refractivity contribution in [2.24, 2.45) is 0 Å². The van der Waals surface area contributed by atoms with E-state index in [2.05, 4.69) is 58.8 Å². The fourth-order valence-electron chi connectivity index (χ4n) is 2.73. The molecule has 1 amide bonds. The van der Waals surface area contributed by atoms with Crippen LogP contribution < -0.4 is 5.32 Å². The summed E-state index contributed by atoms with van der Waals surface area (Å²) in [5.74, 6) is 0.924. The molecular weight excluding hydrogens is 338 g/mol. The first-order valence-electron chi connectivity index (χ1n) is 9.21. The average molecular weight is 363 g/mol. The van der Waals surface area contributed by atoms with Crippen molar-refractivity contribution in [2.75, 3.05) is 6.54 Å². The zero-order chi connectivity index (χ0) is 19.2. The summed E-state index contributed by atoms with van der Waals surface area (Å²) in [6.07, 6.45) is 0.795. The molecule has 0 spiro atoms. The number of hydrogen-bond donors (Lipinski definition) is 1. The van der Waals surface area contributed by atoms with Gasteiger partial charge in [0, 0.05) is 12.1 Å². The van der Waals surface area contributed by atoms with Crippen molar-refractivity contribution in [1.29, 1.82) is 0 Å². The molecule has 0 bridgehead atoms. The van der Waals surface area contributed by atoms with Crippen LogP contribution in [0.2, 0.25) is 0 Å². The quantitative estimate of drug-likeness (QED) is 0.700. The van der Waals surface area contributed by atoms with Gasteiger partial charge in [-0.1, -0.05) is 67.9 Å². The lowest BCUT2D eigenvalue weighted by atomic mass is 10.0. The van der Waals surface area contributed by atoms with Gasteiger partial charge < -0.3 is 5.32 Å². The molecule has 27 heavy (non-hydrogen) atoms. The minimum absolute atomic E-state index is 0.0607. The van der Waals surface area contributed by atoms with E-state index in [-0.39, 0.29) is 12.5 Å². The molecule has 1 heterocycles. The van der Waals surface area contributed by atoms with Crippen LogP contribution >= 0.6 is 0 Å². The van der Waals surface area contributed by atoms with Crippen molar-refractivity contribution in [3.63, 3.8) is 0 Å². The standard InChI is InChI=1S/C21H25N5O/c1-15(2)18-10-6-17(7-11-18)12-13-22-20(27)14-26-24-21(23-25-26)19-8-4-16(3)5-9-19/h4-11,15H,12-14H2,1-3H3,(H,22,27). The van der Waals surface area contributed by atoms with Crippen molar-refractivity contribution in [1.82, 2.24) is 25.5 Å². The van der Waals surface area contributed by atoms with Crippen molar-refractivity contribution in [3.8, 4) is 11.4 Å². The average Bonchev–Trinajstić information content (AvgIpc) is 3.11. The molecule has 6 nitrogen and oxygen atoms in total. The highest BCUT2D eigenvalue weighted by Crippen LogP contribution is 2.15. The summed E-state index contributed by atoms with van der Waals surface area (Å²) in [4.78, 5) is 13.4. The van der Waals surface area contributed by atoms with Crippen LogP contribution in [0.15, 0.2) is 48.5 Å². The maximum Gasteiger partial charge on any atom is 0.243 e. The van der Waals surface area contributed by atoms with E-state index < -0.39 is 0 Å². The topological polar surface area (TPSA) is 72.7 Å². The van der Waals surface area contributed by atoms with Gasteiger partial charge in [-0.3, -0.25) is 4.79 Å². The van der Waals surface area contributed by atoms with Gasteiger partial charge in [0.1, 0.15) is 6.54 Å². The van der Waals surface area contributed by atoms with Crippen molar-refractivity contribution >= 4 is 5.91 Å². The Morgan fingerprint density at radius 1 is 1.07 bits per heavy atom. The highest BCUT2D eigenvalue weighted by Gasteiger charge is 2.09. The summed E-state index contributed by atoms with van der Waals surface area (Å²) >= 11 is 0. The zero-order valence-corrected chi connectivity index (χ0v) is 16.0. The number of carbonyl (C=O) groups is 1. The highest BCUT2D eigenvalue weighted by molar-refractivity contribution is 5.75. The van der Waals surface area contributed by atoms with Crippen LogP contribution in [-0.2, 0) is 17.8 Å². The van der Waals surface area contributed by atoms with E-state index in [0.29, 0.717) is 18.3 Å². The van der Waals surface area contributed by atoms with Crippen molar-refractivity contribution in [2.45, 2.75) is 39.7 Å². The molecule has 1 aromatic heterocycles. The number of aromatic nitrogens is 4. The monoisotopic (exact) mass is 363 g/mol. The van der Waals surface area contributed by atoms with Gasteiger partial charge in [-0.05, 0) is 35.6 Å². The number of nitrogens with zero attached hydrogens (tertiary/aromatic N) is 4. The molecule has 6 heteroatoms. The molecule has 0 fully saturated rings. The number of aryl methyl sites for hydroxylation is 1. The first-order chi connectivity index (χ1) is 13.0. The largest absolute Gasteiger partial charge is 0.354 e. The van der Waals surface area contributed by atoms with Crippen LogP contribution in [0.3, 0.4) is 0 Å². The molecule has 3 rings (SSSR count). The second-order valence-electron chi connectivity index (χ2n) is 7.01. The molecule has 0 saturated carbocycles. The number of amides is 1. The zero-order valence-electron chi connectivity index (χ0n) is 16.0. The fraction of sp³-hybridized carbons (Fsp3) is 0.333. The summed E-state index contributed by atoms with van der Waals surface area (Å²) in [5.41, 5.74) is 4.59. The van der Waals surface area contributed by atoms with Crippen LogP contribution in [0, 0.1) is 6.92 Å². The number of tetrazole rings is 1. The first kappa shape index (κ1) is 18.8. The molecule has 0 aliphatic rings.